The van der Waals surface area contributed by atoms with Gasteiger partial charge in [-0.2, -0.15) is 0 Å². The summed E-state index contributed by atoms with van der Waals surface area (Å²) in [5.74, 6) is -0.463. The number of anilines is 2. The van der Waals surface area contributed by atoms with Crippen molar-refractivity contribution < 1.29 is 9.63 Å². The summed E-state index contributed by atoms with van der Waals surface area (Å²) in [6.45, 7) is 1.46. The van der Waals surface area contributed by atoms with Crippen molar-refractivity contribution in [1.29, 1.82) is 0 Å². The molecule has 1 aliphatic heterocycles. The molecule has 1 aromatic carbocycles. The van der Waals surface area contributed by atoms with Crippen LogP contribution in [-0.4, -0.2) is 19.1 Å². The van der Waals surface area contributed by atoms with Crippen molar-refractivity contribution in [1.82, 2.24) is 0 Å². The maximum absolute atomic E-state index is 11.0. The molecule has 80 valence electrons. The van der Waals surface area contributed by atoms with E-state index < -0.39 is 5.91 Å². The Bertz CT molecular complexity index is 386. The number of nitrogens with zero attached hydrogens (tertiary/aromatic N) is 1. The Morgan fingerprint density at radius 2 is 2.27 bits per heavy atom. The van der Waals surface area contributed by atoms with Crippen molar-refractivity contribution in [3.8, 4) is 0 Å². The highest BCUT2D eigenvalue weighted by molar-refractivity contribution is 5.94. The third-order valence-corrected chi connectivity index (χ3v) is 2.34. The highest BCUT2D eigenvalue weighted by atomic mass is 16.7. The smallest absolute Gasteiger partial charge is 0.248 e. The molecule has 0 atom stereocenters. The van der Waals surface area contributed by atoms with Crippen LogP contribution < -0.4 is 16.5 Å². The molecule has 1 aromatic rings. The Kier molecular flexibility index (Phi) is 2.47. The number of nitrogen functional groups attached to an aromatic ring is 1. The van der Waals surface area contributed by atoms with Crippen LogP contribution in [0.25, 0.3) is 0 Å². The van der Waals surface area contributed by atoms with E-state index in [0.717, 1.165) is 13.0 Å². The molecule has 1 fully saturated rings. The highest BCUT2D eigenvalue weighted by Gasteiger charge is 2.17. The van der Waals surface area contributed by atoms with Gasteiger partial charge in [0, 0.05) is 12.1 Å². The first-order valence-electron chi connectivity index (χ1n) is 4.78. The van der Waals surface area contributed by atoms with Crippen LogP contribution in [0.2, 0.25) is 0 Å². The third-order valence-electron chi connectivity index (χ3n) is 2.34. The van der Waals surface area contributed by atoms with Crippen molar-refractivity contribution in [2.24, 2.45) is 5.73 Å². The quantitative estimate of drug-likeness (QED) is 0.692. The second-order valence-corrected chi connectivity index (χ2v) is 3.43. The second-order valence-electron chi connectivity index (χ2n) is 3.43. The Morgan fingerprint density at radius 1 is 1.47 bits per heavy atom. The minimum atomic E-state index is -0.463. The monoisotopic (exact) mass is 207 g/mol. The molecule has 0 aliphatic carbocycles. The normalized spacial score (nSPS) is 15.6. The van der Waals surface area contributed by atoms with Gasteiger partial charge in [-0.3, -0.25) is 14.7 Å². The minimum Gasteiger partial charge on any atom is -0.397 e. The minimum absolute atomic E-state index is 0.440. The predicted octanol–water partition coefficient (Wildman–Crippen LogP) is 0.509. The maximum atomic E-state index is 11.0. The molecular formula is C10H13N3O2. The molecule has 1 saturated heterocycles. The van der Waals surface area contributed by atoms with Crippen molar-refractivity contribution in [2.45, 2.75) is 6.42 Å². The molecule has 4 N–H and O–H groups in total. The van der Waals surface area contributed by atoms with Gasteiger partial charge in [-0.25, -0.2) is 0 Å². The van der Waals surface area contributed by atoms with E-state index in [0.29, 0.717) is 23.5 Å². The zero-order valence-electron chi connectivity index (χ0n) is 8.27. The molecule has 0 spiro atoms. The first kappa shape index (κ1) is 9.79. The molecule has 1 heterocycles. The van der Waals surface area contributed by atoms with Crippen LogP contribution in [0.3, 0.4) is 0 Å². The van der Waals surface area contributed by atoms with Crippen LogP contribution in [0.5, 0.6) is 0 Å². The first-order chi connectivity index (χ1) is 7.18. The number of rotatable bonds is 2. The fourth-order valence-corrected chi connectivity index (χ4v) is 1.55. The molecule has 0 bridgehead atoms. The Hall–Kier alpha value is -1.75. The van der Waals surface area contributed by atoms with Gasteiger partial charge in [0.15, 0.2) is 0 Å². The Balaban J connectivity index is 2.35. The molecule has 15 heavy (non-hydrogen) atoms. The van der Waals surface area contributed by atoms with Gasteiger partial charge in [0.05, 0.1) is 18.0 Å². The van der Waals surface area contributed by atoms with Gasteiger partial charge >= 0.3 is 0 Å². The standard InChI is InChI=1S/C10H13N3O2/c11-8-3-2-7(10(12)14)6-9(8)13-4-1-5-15-13/h2-3,6H,1,4-5,11H2,(H2,12,14). The van der Waals surface area contributed by atoms with Crippen LogP contribution in [0, 0.1) is 0 Å². The largest absolute Gasteiger partial charge is 0.397 e. The van der Waals surface area contributed by atoms with Gasteiger partial charge in [-0.15, -0.1) is 0 Å². The van der Waals surface area contributed by atoms with Crippen LogP contribution in [0.1, 0.15) is 16.8 Å². The number of primary amides is 1. The zero-order valence-corrected chi connectivity index (χ0v) is 8.27. The van der Waals surface area contributed by atoms with Crippen molar-refractivity contribution in [3.05, 3.63) is 23.8 Å². The lowest BCUT2D eigenvalue weighted by Gasteiger charge is -2.18. The summed E-state index contributed by atoms with van der Waals surface area (Å²) < 4.78 is 0. The van der Waals surface area contributed by atoms with Crippen molar-refractivity contribution in [3.63, 3.8) is 0 Å². The summed E-state index contributed by atoms with van der Waals surface area (Å²) in [6, 6.07) is 4.93. The number of carbonyl (C=O) groups is 1. The van der Waals surface area contributed by atoms with Crippen LogP contribution in [0.15, 0.2) is 18.2 Å². The van der Waals surface area contributed by atoms with Crippen molar-refractivity contribution >= 4 is 17.3 Å². The van der Waals surface area contributed by atoms with E-state index in [4.69, 9.17) is 16.3 Å². The number of hydroxylamine groups is 1. The molecule has 0 aromatic heterocycles. The van der Waals surface area contributed by atoms with Crippen LogP contribution in [-0.2, 0) is 4.84 Å². The lowest BCUT2D eigenvalue weighted by Crippen LogP contribution is -2.19. The van der Waals surface area contributed by atoms with E-state index in [2.05, 4.69) is 0 Å². The van der Waals surface area contributed by atoms with Crippen molar-refractivity contribution in [2.75, 3.05) is 23.9 Å². The zero-order chi connectivity index (χ0) is 10.8. The molecule has 2 rings (SSSR count). The van der Waals surface area contributed by atoms with Gasteiger partial charge in [0.25, 0.3) is 0 Å². The molecule has 0 saturated carbocycles. The Morgan fingerprint density at radius 3 is 2.87 bits per heavy atom. The van der Waals surface area contributed by atoms with E-state index >= 15 is 0 Å². The average Bonchev–Trinajstić information content (AvgIpc) is 2.71. The number of hydrogen-bond acceptors (Lipinski definition) is 4. The number of benzene rings is 1. The highest BCUT2D eigenvalue weighted by Crippen LogP contribution is 2.27. The summed E-state index contributed by atoms with van der Waals surface area (Å²) in [7, 11) is 0. The van der Waals surface area contributed by atoms with Crippen LogP contribution in [0.4, 0.5) is 11.4 Å². The summed E-state index contributed by atoms with van der Waals surface area (Å²) in [6.07, 6.45) is 0.959. The molecule has 1 aliphatic rings. The number of hydrogen-bond donors (Lipinski definition) is 2. The van der Waals surface area contributed by atoms with Gasteiger partial charge in [-0.05, 0) is 24.6 Å². The summed E-state index contributed by atoms with van der Waals surface area (Å²) in [5.41, 5.74) is 12.7. The summed E-state index contributed by atoms with van der Waals surface area (Å²) >= 11 is 0. The Labute approximate surface area is 87.6 Å². The molecule has 0 unspecified atom stereocenters. The number of nitrogens with two attached hydrogens (primary N) is 2. The average molecular weight is 207 g/mol. The maximum Gasteiger partial charge on any atom is 0.248 e. The first-order valence-corrected chi connectivity index (χ1v) is 4.78. The van der Waals surface area contributed by atoms with E-state index in [1.807, 2.05) is 0 Å². The third kappa shape index (κ3) is 1.87. The summed E-state index contributed by atoms with van der Waals surface area (Å²) in [5, 5.41) is 1.70. The van der Waals surface area contributed by atoms with Gasteiger partial charge in [0.2, 0.25) is 5.91 Å². The topological polar surface area (TPSA) is 81.6 Å². The van der Waals surface area contributed by atoms with E-state index in [1.165, 1.54) is 0 Å². The molecule has 1 amide bonds. The van der Waals surface area contributed by atoms with Crippen LogP contribution >= 0.6 is 0 Å². The second kappa shape index (κ2) is 3.78. The molecule has 0 radical (unpaired) electrons. The molecule has 5 nitrogen and oxygen atoms in total. The van der Waals surface area contributed by atoms with Gasteiger partial charge in [-0.1, -0.05) is 0 Å². The fourth-order valence-electron chi connectivity index (χ4n) is 1.55. The SMILES string of the molecule is NC(=O)c1ccc(N)c(N2CCCO2)c1. The fraction of sp³-hybridized carbons (Fsp3) is 0.300. The predicted molar refractivity (Wildman–Crippen MR) is 57.3 cm³/mol. The van der Waals surface area contributed by atoms with E-state index in [9.17, 15) is 4.79 Å². The van der Waals surface area contributed by atoms with Gasteiger partial charge < -0.3 is 11.5 Å². The molecular weight excluding hydrogens is 194 g/mol. The van der Waals surface area contributed by atoms with E-state index in [-0.39, 0.29) is 0 Å². The summed E-state index contributed by atoms with van der Waals surface area (Å²) in [4.78, 5) is 16.4. The lowest BCUT2D eigenvalue weighted by atomic mass is 10.1. The van der Waals surface area contributed by atoms with Gasteiger partial charge in [0.1, 0.15) is 0 Å². The van der Waals surface area contributed by atoms with E-state index in [1.54, 1.807) is 23.3 Å². The molecule has 5 heteroatoms. The number of carbonyl (C=O) groups excluding carboxylic acids is 1. The lowest BCUT2D eigenvalue weighted by molar-refractivity contribution is 0.1000. The number of amides is 1.